The second-order valence-electron chi connectivity index (χ2n) is 11.2. The molecule has 0 aromatic carbocycles. The van der Waals surface area contributed by atoms with Crippen molar-refractivity contribution < 1.29 is 28.6 Å². The molecule has 8 nitrogen and oxygen atoms in total. The molecule has 0 aromatic rings. The number of likely N-dealkylation sites (tertiary alicyclic amines) is 1. The molecule has 0 bridgehead atoms. The van der Waals surface area contributed by atoms with Crippen molar-refractivity contribution in [2.45, 2.75) is 122 Å². The molecule has 3 fully saturated rings. The van der Waals surface area contributed by atoms with Gasteiger partial charge in [0.05, 0.1) is 13.2 Å². The van der Waals surface area contributed by atoms with E-state index in [1.54, 1.807) is 20.8 Å². The van der Waals surface area contributed by atoms with Crippen molar-refractivity contribution in [1.82, 2.24) is 9.80 Å². The number of rotatable bonds is 6. The maximum Gasteiger partial charge on any atom is 0.411 e. The highest BCUT2D eigenvalue weighted by atomic mass is 16.6. The summed E-state index contributed by atoms with van der Waals surface area (Å²) in [6.07, 6.45) is 7.32. The van der Waals surface area contributed by atoms with Crippen molar-refractivity contribution >= 4 is 18.0 Å². The number of nitrogens with zero attached hydrogens (tertiary/aromatic N) is 2. The van der Waals surface area contributed by atoms with Crippen LogP contribution in [0.15, 0.2) is 0 Å². The Bertz CT molecular complexity index is 728. The lowest BCUT2D eigenvalue weighted by molar-refractivity contribution is -0.148. The molecule has 0 unspecified atom stereocenters. The van der Waals surface area contributed by atoms with E-state index in [1.165, 1.54) is 12.0 Å². The lowest BCUT2D eigenvalue weighted by atomic mass is 9.69. The summed E-state index contributed by atoms with van der Waals surface area (Å²) >= 11 is 0. The van der Waals surface area contributed by atoms with Crippen LogP contribution in [-0.4, -0.2) is 77.9 Å². The molecule has 2 saturated heterocycles. The minimum atomic E-state index is -0.765. The maximum absolute atomic E-state index is 13.7. The average molecular weight is 481 g/mol. The van der Waals surface area contributed by atoms with E-state index in [-0.39, 0.29) is 24.5 Å². The van der Waals surface area contributed by atoms with Crippen molar-refractivity contribution in [1.29, 1.82) is 0 Å². The minimum Gasteiger partial charge on any atom is -0.467 e. The SMILES string of the molecule is CCC1(CC)CCC(N(C(=O)[C@@H]2CCCO2)[C@H]2C[C@@H](C(=O)OC)N(C(=O)OC(C)(C)C)C2)CC1. The first-order chi connectivity index (χ1) is 16.0. The largest absolute Gasteiger partial charge is 0.467 e. The van der Waals surface area contributed by atoms with E-state index in [9.17, 15) is 14.4 Å². The van der Waals surface area contributed by atoms with Gasteiger partial charge in [0.2, 0.25) is 0 Å². The molecule has 3 rings (SSSR count). The van der Waals surface area contributed by atoms with Gasteiger partial charge < -0.3 is 19.1 Å². The van der Waals surface area contributed by atoms with Crippen molar-refractivity contribution in [3.63, 3.8) is 0 Å². The van der Waals surface area contributed by atoms with Gasteiger partial charge in [-0.05, 0) is 64.7 Å². The first-order valence-corrected chi connectivity index (χ1v) is 13.1. The number of ether oxygens (including phenoxy) is 3. The van der Waals surface area contributed by atoms with Crippen LogP contribution < -0.4 is 0 Å². The van der Waals surface area contributed by atoms with E-state index in [0.29, 0.717) is 18.4 Å². The fourth-order valence-electron chi connectivity index (χ4n) is 5.94. The summed E-state index contributed by atoms with van der Waals surface area (Å²) in [5.74, 6) is -0.472. The molecule has 0 spiro atoms. The fourth-order valence-corrected chi connectivity index (χ4v) is 5.94. The Balaban J connectivity index is 1.85. The number of methoxy groups -OCH3 is 1. The smallest absolute Gasteiger partial charge is 0.411 e. The normalized spacial score (nSPS) is 27.5. The number of carbonyl (C=O) groups excluding carboxylic acids is 3. The summed E-state index contributed by atoms with van der Waals surface area (Å²) in [4.78, 5) is 42.8. The van der Waals surface area contributed by atoms with Gasteiger partial charge in [-0.1, -0.05) is 26.7 Å². The zero-order chi connectivity index (χ0) is 25.1. The highest BCUT2D eigenvalue weighted by Crippen LogP contribution is 2.44. The molecule has 0 N–H and O–H groups in total. The molecular formula is C26H44N2O6. The third-order valence-corrected chi connectivity index (χ3v) is 8.14. The first kappa shape index (κ1) is 26.8. The van der Waals surface area contributed by atoms with Crippen LogP contribution in [0.4, 0.5) is 4.79 Å². The molecule has 2 amide bonds. The Hall–Kier alpha value is -1.83. The molecule has 2 heterocycles. The molecule has 34 heavy (non-hydrogen) atoms. The van der Waals surface area contributed by atoms with E-state index in [2.05, 4.69) is 13.8 Å². The predicted molar refractivity (Wildman–Crippen MR) is 128 cm³/mol. The first-order valence-electron chi connectivity index (χ1n) is 13.1. The third kappa shape index (κ3) is 5.86. The van der Waals surface area contributed by atoms with Crippen molar-refractivity contribution in [3.05, 3.63) is 0 Å². The van der Waals surface area contributed by atoms with Crippen LogP contribution in [0, 0.1) is 5.41 Å². The number of amides is 2. The Morgan fingerprint density at radius 3 is 2.21 bits per heavy atom. The summed E-state index contributed by atoms with van der Waals surface area (Å²) in [6, 6.07) is -0.947. The monoisotopic (exact) mass is 480 g/mol. The topological polar surface area (TPSA) is 85.4 Å². The summed E-state index contributed by atoms with van der Waals surface area (Å²) in [7, 11) is 1.33. The van der Waals surface area contributed by atoms with Gasteiger partial charge in [0.1, 0.15) is 17.7 Å². The summed E-state index contributed by atoms with van der Waals surface area (Å²) in [5.41, 5.74) is -0.335. The van der Waals surface area contributed by atoms with Crippen molar-refractivity contribution in [2.75, 3.05) is 20.3 Å². The second-order valence-corrected chi connectivity index (χ2v) is 11.2. The molecule has 1 saturated carbocycles. The molecule has 2 aliphatic heterocycles. The van der Waals surface area contributed by atoms with Crippen LogP contribution in [0.2, 0.25) is 0 Å². The number of carbonyl (C=O) groups is 3. The zero-order valence-corrected chi connectivity index (χ0v) is 21.9. The van der Waals surface area contributed by atoms with E-state index >= 15 is 0 Å². The van der Waals surface area contributed by atoms with Crippen molar-refractivity contribution in [3.8, 4) is 0 Å². The van der Waals surface area contributed by atoms with Crippen LogP contribution >= 0.6 is 0 Å². The average Bonchev–Trinajstić information content (AvgIpc) is 3.49. The van der Waals surface area contributed by atoms with Gasteiger partial charge in [0, 0.05) is 25.6 Å². The number of hydrogen-bond donors (Lipinski definition) is 0. The molecule has 1 aliphatic carbocycles. The Morgan fingerprint density at radius 2 is 1.71 bits per heavy atom. The summed E-state index contributed by atoms with van der Waals surface area (Å²) in [6.45, 7) is 10.8. The van der Waals surface area contributed by atoms with Gasteiger partial charge in [0.15, 0.2) is 0 Å². The van der Waals surface area contributed by atoms with Crippen molar-refractivity contribution in [2.24, 2.45) is 5.41 Å². The fraction of sp³-hybridized carbons (Fsp3) is 0.885. The van der Waals surface area contributed by atoms with Crippen LogP contribution in [0.5, 0.6) is 0 Å². The van der Waals surface area contributed by atoms with Gasteiger partial charge in [-0.3, -0.25) is 9.69 Å². The Kier molecular flexibility index (Phi) is 8.53. The number of hydrogen-bond acceptors (Lipinski definition) is 6. The van der Waals surface area contributed by atoms with E-state index in [0.717, 1.165) is 51.4 Å². The molecule has 194 valence electrons. The molecule has 0 radical (unpaired) electrons. The molecule has 3 aliphatic rings. The highest BCUT2D eigenvalue weighted by molar-refractivity contribution is 5.84. The van der Waals surface area contributed by atoms with Gasteiger partial charge in [-0.2, -0.15) is 0 Å². The van der Waals surface area contributed by atoms with Gasteiger partial charge in [-0.15, -0.1) is 0 Å². The molecule has 3 atom stereocenters. The predicted octanol–water partition coefficient (Wildman–Crippen LogP) is 4.29. The maximum atomic E-state index is 13.7. The van der Waals surface area contributed by atoms with Crippen LogP contribution in [0.1, 0.15) is 92.4 Å². The molecule has 8 heteroatoms. The lowest BCUT2D eigenvalue weighted by Gasteiger charge is -2.45. The van der Waals surface area contributed by atoms with Gasteiger partial charge in [-0.25, -0.2) is 9.59 Å². The van der Waals surface area contributed by atoms with Gasteiger partial charge in [0.25, 0.3) is 5.91 Å². The number of esters is 1. The second kappa shape index (κ2) is 10.8. The molecule has 0 aromatic heterocycles. The van der Waals surface area contributed by atoms with E-state index in [1.807, 2.05) is 4.90 Å². The van der Waals surface area contributed by atoms with E-state index in [4.69, 9.17) is 14.2 Å². The standard InChI is InChI=1S/C26H44N2O6/c1-7-26(8-2)13-11-18(12-14-26)28(22(29)21-10-9-15-33-21)19-16-20(23(30)32-6)27(17-19)24(31)34-25(3,4)5/h18-21H,7-17H2,1-6H3/t19-,20-,21-/m0/s1. The third-order valence-electron chi connectivity index (χ3n) is 8.14. The highest BCUT2D eigenvalue weighted by Gasteiger charge is 2.48. The summed E-state index contributed by atoms with van der Waals surface area (Å²) in [5, 5.41) is 0. The summed E-state index contributed by atoms with van der Waals surface area (Å²) < 4.78 is 16.4. The minimum absolute atomic E-state index is 0.00246. The van der Waals surface area contributed by atoms with Crippen LogP contribution in [0.3, 0.4) is 0 Å². The van der Waals surface area contributed by atoms with Crippen LogP contribution in [-0.2, 0) is 23.8 Å². The quantitative estimate of drug-likeness (QED) is 0.527. The van der Waals surface area contributed by atoms with Gasteiger partial charge >= 0.3 is 12.1 Å². The molecular weight excluding hydrogens is 436 g/mol. The van der Waals surface area contributed by atoms with E-state index < -0.39 is 29.8 Å². The Morgan fingerprint density at radius 1 is 1.06 bits per heavy atom. The lowest BCUT2D eigenvalue weighted by Crippen LogP contribution is -2.53. The van der Waals surface area contributed by atoms with Crippen LogP contribution in [0.25, 0.3) is 0 Å². The Labute approximate surface area is 204 Å². The zero-order valence-electron chi connectivity index (χ0n) is 21.9.